The van der Waals surface area contributed by atoms with Crippen LogP contribution in [0.15, 0.2) is 36.7 Å². The second-order valence-electron chi connectivity index (χ2n) is 12.2. The molecule has 3 aliphatic carbocycles. The molecule has 7 atom stereocenters. The number of aromatic hydroxyl groups is 1. The largest absolute Gasteiger partial charge is 0.504 e. The van der Waals surface area contributed by atoms with Gasteiger partial charge in [-0.05, 0) is 93.2 Å². The predicted molar refractivity (Wildman–Crippen MR) is 136 cm³/mol. The van der Waals surface area contributed by atoms with Crippen molar-refractivity contribution in [3.8, 4) is 11.5 Å². The number of aliphatic hydroxyl groups is 1. The van der Waals surface area contributed by atoms with Crippen LogP contribution >= 0.6 is 0 Å². The van der Waals surface area contributed by atoms with E-state index in [0.717, 1.165) is 43.7 Å². The van der Waals surface area contributed by atoms with Crippen LogP contribution in [0.5, 0.6) is 11.5 Å². The molecule has 6 nitrogen and oxygen atoms in total. The molecule has 2 aromatic rings. The molecule has 0 radical (unpaired) electrons. The van der Waals surface area contributed by atoms with Crippen molar-refractivity contribution >= 4 is 0 Å². The maximum Gasteiger partial charge on any atom is 0.165 e. The molecular weight excluding hydrogens is 452 g/mol. The number of likely N-dealkylation sites (tertiary alicyclic amines) is 1. The van der Waals surface area contributed by atoms with E-state index in [1.54, 1.807) is 19.5 Å². The minimum atomic E-state index is -1.12. The smallest absolute Gasteiger partial charge is 0.165 e. The van der Waals surface area contributed by atoms with Crippen LogP contribution in [0, 0.1) is 17.8 Å². The van der Waals surface area contributed by atoms with Crippen molar-refractivity contribution in [3.63, 3.8) is 0 Å². The number of phenolic OH excluding ortho intramolecular Hbond substituents is 1. The number of benzene rings is 1. The summed E-state index contributed by atoms with van der Waals surface area (Å²) in [7, 11) is 1.78. The summed E-state index contributed by atoms with van der Waals surface area (Å²) in [5.41, 5.74) is 1.40. The van der Waals surface area contributed by atoms with Crippen LogP contribution in [-0.4, -0.2) is 58.0 Å². The van der Waals surface area contributed by atoms with Crippen molar-refractivity contribution in [1.29, 1.82) is 0 Å². The van der Waals surface area contributed by atoms with E-state index in [9.17, 15) is 10.2 Å². The van der Waals surface area contributed by atoms with Gasteiger partial charge in [-0.15, -0.1) is 0 Å². The van der Waals surface area contributed by atoms with E-state index in [0.29, 0.717) is 17.7 Å². The fourth-order valence-electron chi connectivity index (χ4n) is 9.00. The highest BCUT2D eigenvalue weighted by atomic mass is 16.6. The van der Waals surface area contributed by atoms with Crippen molar-refractivity contribution < 1.29 is 19.7 Å². The molecule has 1 aromatic carbocycles. The number of aromatic nitrogens is 1. The van der Waals surface area contributed by atoms with E-state index in [-0.39, 0.29) is 23.2 Å². The van der Waals surface area contributed by atoms with Crippen molar-refractivity contribution in [1.82, 2.24) is 9.88 Å². The van der Waals surface area contributed by atoms with Crippen molar-refractivity contribution in [2.75, 3.05) is 20.2 Å². The summed E-state index contributed by atoms with van der Waals surface area (Å²) in [6, 6.07) is 8.21. The zero-order valence-corrected chi connectivity index (χ0v) is 21.6. The van der Waals surface area contributed by atoms with Crippen LogP contribution in [0.3, 0.4) is 0 Å². The van der Waals surface area contributed by atoms with Crippen LogP contribution in [0.25, 0.3) is 0 Å². The Morgan fingerprint density at radius 3 is 2.69 bits per heavy atom. The first-order valence-corrected chi connectivity index (χ1v) is 13.8. The number of hydrogen-bond donors (Lipinski definition) is 2. The van der Waals surface area contributed by atoms with Crippen LogP contribution in [0.1, 0.15) is 62.6 Å². The molecule has 2 bridgehead atoms. The Kier molecular flexibility index (Phi) is 4.91. The van der Waals surface area contributed by atoms with E-state index in [4.69, 9.17) is 9.47 Å². The summed E-state index contributed by atoms with van der Waals surface area (Å²) in [4.78, 5) is 6.95. The standard InChI is InChI=1S/C30H38N2O4/c1-4-30(35-3)24(28(2,34)20-9-12-31-13-10-20)16-21-22-15-19-7-8-23(33)26-25(19)29(21,27(30)36-26)11-14-32(22)17-18-5-6-18/h7-10,12-13,18,21-22,24,27,33-34H,4-6,11,14-17H2,1-3H3/t21?,22-,24-,27-,28+,29+,30-/m1/s1. The van der Waals surface area contributed by atoms with Gasteiger partial charge in [-0.2, -0.15) is 0 Å². The summed E-state index contributed by atoms with van der Waals surface area (Å²) >= 11 is 0. The van der Waals surface area contributed by atoms with Gasteiger partial charge in [0.25, 0.3) is 0 Å². The lowest BCUT2D eigenvalue weighted by atomic mass is 9.44. The lowest BCUT2D eigenvalue weighted by Crippen LogP contribution is -2.74. The van der Waals surface area contributed by atoms with Gasteiger partial charge in [-0.25, -0.2) is 0 Å². The van der Waals surface area contributed by atoms with Gasteiger partial charge in [0.1, 0.15) is 11.7 Å². The number of phenols is 1. The number of ether oxygens (including phenoxy) is 2. The van der Waals surface area contributed by atoms with Crippen molar-refractivity contribution in [2.24, 2.45) is 17.8 Å². The maximum absolute atomic E-state index is 12.3. The molecule has 1 unspecified atom stereocenters. The first-order valence-electron chi connectivity index (χ1n) is 13.8. The number of nitrogens with zero attached hydrogens (tertiary/aromatic N) is 2. The minimum absolute atomic E-state index is 0.174. The molecule has 0 amide bonds. The molecule has 1 spiro atoms. The minimum Gasteiger partial charge on any atom is -0.504 e. The van der Waals surface area contributed by atoms with Crippen molar-refractivity contribution in [3.05, 3.63) is 53.3 Å². The highest BCUT2D eigenvalue weighted by Gasteiger charge is 2.73. The normalized spacial score (nSPS) is 38.2. The third-order valence-electron chi connectivity index (χ3n) is 10.8. The van der Waals surface area contributed by atoms with Crippen LogP contribution in [-0.2, 0) is 22.2 Å². The number of piperidine rings is 1. The molecule has 3 fully saturated rings. The summed E-state index contributed by atoms with van der Waals surface area (Å²) < 4.78 is 13.4. The Morgan fingerprint density at radius 2 is 2.00 bits per heavy atom. The van der Waals surface area contributed by atoms with Gasteiger partial charge in [0.15, 0.2) is 11.5 Å². The Hall–Kier alpha value is -2.15. The Morgan fingerprint density at radius 1 is 1.22 bits per heavy atom. The third-order valence-corrected chi connectivity index (χ3v) is 10.8. The second kappa shape index (κ2) is 7.68. The Balaban J connectivity index is 1.42. The lowest BCUT2D eigenvalue weighted by molar-refractivity contribution is -0.243. The van der Waals surface area contributed by atoms with Gasteiger partial charge < -0.3 is 19.7 Å². The SMILES string of the molecule is CC[C@@]1(OC)[C@@H]([C@@](C)(O)c2ccncc2)CC2[C@H]3Cc4ccc(O)c5c4[C@@]2(CCN3CC2CC2)[C@H]1O5. The molecule has 6 heteroatoms. The van der Waals surface area contributed by atoms with Gasteiger partial charge in [0, 0.05) is 49.0 Å². The zero-order chi connectivity index (χ0) is 24.9. The molecule has 5 aliphatic rings. The zero-order valence-electron chi connectivity index (χ0n) is 21.6. The van der Waals surface area contributed by atoms with Crippen LogP contribution in [0.2, 0.25) is 0 Å². The summed E-state index contributed by atoms with van der Waals surface area (Å²) in [5.74, 6) is 1.88. The lowest BCUT2D eigenvalue weighted by Gasteiger charge is -2.65. The molecule has 7 rings (SSSR count). The molecule has 192 valence electrons. The first-order chi connectivity index (χ1) is 17.4. The number of pyridine rings is 1. The highest BCUT2D eigenvalue weighted by molar-refractivity contribution is 5.61. The molecule has 1 aromatic heterocycles. The van der Waals surface area contributed by atoms with Crippen molar-refractivity contribution in [2.45, 2.75) is 81.1 Å². The van der Waals surface area contributed by atoms with Gasteiger partial charge in [-0.3, -0.25) is 9.88 Å². The molecule has 2 saturated carbocycles. The molecule has 2 aliphatic heterocycles. The molecule has 1 saturated heterocycles. The van der Waals surface area contributed by atoms with Gasteiger partial charge >= 0.3 is 0 Å². The van der Waals surface area contributed by atoms with Crippen LogP contribution < -0.4 is 4.74 Å². The van der Waals surface area contributed by atoms with E-state index < -0.39 is 11.2 Å². The monoisotopic (exact) mass is 490 g/mol. The maximum atomic E-state index is 12.3. The summed E-state index contributed by atoms with van der Waals surface area (Å²) in [5, 5.41) is 23.3. The van der Waals surface area contributed by atoms with Crippen LogP contribution in [0.4, 0.5) is 0 Å². The van der Waals surface area contributed by atoms with E-state index in [1.807, 2.05) is 25.1 Å². The van der Waals surface area contributed by atoms with E-state index >= 15 is 0 Å². The number of rotatable bonds is 6. The fourth-order valence-corrected chi connectivity index (χ4v) is 9.00. The predicted octanol–water partition coefficient (Wildman–Crippen LogP) is 4.17. The molecular formula is C30H38N2O4. The first kappa shape index (κ1) is 23.0. The third kappa shape index (κ3) is 2.81. The topological polar surface area (TPSA) is 75.0 Å². The summed E-state index contributed by atoms with van der Waals surface area (Å²) in [6.07, 6.45) is 9.51. The average molecular weight is 491 g/mol. The summed E-state index contributed by atoms with van der Waals surface area (Å²) in [6.45, 7) is 6.34. The van der Waals surface area contributed by atoms with Gasteiger partial charge in [-0.1, -0.05) is 13.0 Å². The quantitative estimate of drug-likeness (QED) is 0.633. The van der Waals surface area contributed by atoms with E-state index in [1.165, 1.54) is 30.5 Å². The van der Waals surface area contributed by atoms with Gasteiger partial charge in [0.05, 0.1) is 5.60 Å². The molecule has 36 heavy (non-hydrogen) atoms. The van der Waals surface area contributed by atoms with Gasteiger partial charge in [0.2, 0.25) is 0 Å². The second-order valence-corrected chi connectivity index (χ2v) is 12.2. The Bertz CT molecular complexity index is 1170. The number of methoxy groups -OCH3 is 1. The van der Waals surface area contributed by atoms with E-state index in [2.05, 4.69) is 22.9 Å². The molecule has 2 N–H and O–H groups in total. The Labute approximate surface area is 213 Å². The molecule has 3 heterocycles. The fraction of sp³-hybridized carbons (Fsp3) is 0.633. The average Bonchev–Trinajstić information content (AvgIpc) is 3.64. The highest BCUT2D eigenvalue weighted by Crippen LogP contribution is 2.69. The number of hydrogen-bond acceptors (Lipinski definition) is 6.